The van der Waals surface area contributed by atoms with Gasteiger partial charge in [-0.05, 0) is 48.4 Å². The first kappa shape index (κ1) is 14.6. The Balaban J connectivity index is 2.07. The lowest BCUT2D eigenvalue weighted by atomic mass is 10.0. The van der Waals surface area contributed by atoms with Gasteiger partial charge in [0.1, 0.15) is 6.04 Å². The predicted molar refractivity (Wildman–Crippen MR) is 79.5 cm³/mol. The van der Waals surface area contributed by atoms with E-state index in [4.69, 9.17) is 0 Å². The van der Waals surface area contributed by atoms with E-state index in [0.717, 1.165) is 18.5 Å². The van der Waals surface area contributed by atoms with E-state index in [1.54, 1.807) is 0 Å². The van der Waals surface area contributed by atoms with Crippen LogP contribution in [0.5, 0.6) is 0 Å². The van der Waals surface area contributed by atoms with E-state index < -0.39 is 6.04 Å². The van der Waals surface area contributed by atoms with Crippen molar-refractivity contribution in [2.45, 2.75) is 46.1 Å². The average molecular weight is 274 g/mol. The van der Waals surface area contributed by atoms with Crippen LogP contribution in [0.15, 0.2) is 18.2 Å². The van der Waals surface area contributed by atoms with Gasteiger partial charge in [0, 0.05) is 12.6 Å². The highest BCUT2D eigenvalue weighted by Gasteiger charge is 2.23. The maximum Gasteiger partial charge on any atom is 0.247 e. The number of aryl methyl sites for hydroxylation is 2. The molecule has 1 unspecified atom stereocenters. The van der Waals surface area contributed by atoms with Gasteiger partial charge in [0.2, 0.25) is 11.8 Å². The fourth-order valence-electron chi connectivity index (χ4n) is 2.62. The zero-order chi connectivity index (χ0) is 14.7. The van der Waals surface area contributed by atoms with Crippen LogP contribution in [0, 0.1) is 5.92 Å². The molecule has 0 fully saturated rings. The second-order valence-electron chi connectivity index (χ2n) is 5.75. The molecule has 2 N–H and O–H groups in total. The van der Waals surface area contributed by atoms with Gasteiger partial charge >= 0.3 is 0 Å². The van der Waals surface area contributed by atoms with Crippen molar-refractivity contribution < 1.29 is 9.59 Å². The molecule has 0 saturated heterocycles. The van der Waals surface area contributed by atoms with Gasteiger partial charge in [-0.15, -0.1) is 0 Å². The standard InChI is InChI=1S/C16H22N2O2/c1-10(2)15(17-11(3)19)16(20)18-14-8-7-12-5-4-6-13(12)9-14/h7-10,15H,4-6H2,1-3H3,(H,17,19)(H,18,20). The third-order valence-corrected chi connectivity index (χ3v) is 3.67. The molecule has 20 heavy (non-hydrogen) atoms. The summed E-state index contributed by atoms with van der Waals surface area (Å²) >= 11 is 0. The summed E-state index contributed by atoms with van der Waals surface area (Å²) in [5, 5.41) is 5.61. The summed E-state index contributed by atoms with van der Waals surface area (Å²) < 4.78 is 0. The number of nitrogens with one attached hydrogen (secondary N) is 2. The lowest BCUT2D eigenvalue weighted by Crippen LogP contribution is -2.46. The molecule has 1 aliphatic rings. The maximum absolute atomic E-state index is 12.3. The van der Waals surface area contributed by atoms with Crippen LogP contribution in [0.1, 0.15) is 38.3 Å². The Morgan fingerprint density at radius 1 is 1.15 bits per heavy atom. The van der Waals surface area contributed by atoms with Gasteiger partial charge < -0.3 is 10.6 Å². The van der Waals surface area contributed by atoms with Crippen LogP contribution in [0.3, 0.4) is 0 Å². The molecule has 0 spiro atoms. The average Bonchev–Trinajstić information content (AvgIpc) is 2.82. The number of rotatable bonds is 4. The van der Waals surface area contributed by atoms with Crippen molar-refractivity contribution >= 4 is 17.5 Å². The normalized spacial score (nSPS) is 14.8. The van der Waals surface area contributed by atoms with Gasteiger partial charge in [0.05, 0.1) is 0 Å². The van der Waals surface area contributed by atoms with Crippen molar-refractivity contribution in [1.82, 2.24) is 5.32 Å². The number of benzene rings is 1. The number of amides is 2. The van der Waals surface area contributed by atoms with Crippen molar-refractivity contribution in [1.29, 1.82) is 0 Å². The second-order valence-corrected chi connectivity index (χ2v) is 5.75. The fourth-order valence-corrected chi connectivity index (χ4v) is 2.62. The molecule has 0 aliphatic heterocycles. The number of fused-ring (bicyclic) bond motifs is 1. The van der Waals surface area contributed by atoms with Gasteiger partial charge in [-0.1, -0.05) is 19.9 Å². The quantitative estimate of drug-likeness (QED) is 0.885. The summed E-state index contributed by atoms with van der Waals surface area (Å²) in [5.41, 5.74) is 3.51. The Morgan fingerprint density at radius 2 is 1.85 bits per heavy atom. The van der Waals surface area contributed by atoms with Crippen LogP contribution in [0.25, 0.3) is 0 Å². The summed E-state index contributed by atoms with van der Waals surface area (Å²) in [6.45, 7) is 5.27. The minimum absolute atomic E-state index is 0.0494. The molecular formula is C16H22N2O2. The van der Waals surface area contributed by atoms with E-state index in [2.05, 4.69) is 16.7 Å². The highest BCUT2D eigenvalue weighted by Crippen LogP contribution is 2.25. The van der Waals surface area contributed by atoms with Crippen molar-refractivity contribution in [2.75, 3.05) is 5.32 Å². The van der Waals surface area contributed by atoms with Crippen LogP contribution in [0.2, 0.25) is 0 Å². The number of carbonyl (C=O) groups excluding carboxylic acids is 2. The van der Waals surface area contributed by atoms with E-state index in [1.165, 1.54) is 24.5 Å². The molecule has 1 aliphatic carbocycles. The molecule has 2 amide bonds. The molecular weight excluding hydrogens is 252 g/mol. The van der Waals surface area contributed by atoms with E-state index in [1.807, 2.05) is 26.0 Å². The Bertz CT molecular complexity index is 523. The molecule has 2 rings (SSSR count). The minimum atomic E-state index is -0.499. The molecule has 0 aromatic heterocycles. The first-order chi connectivity index (χ1) is 9.47. The summed E-state index contributed by atoms with van der Waals surface area (Å²) in [7, 11) is 0. The molecule has 0 saturated carbocycles. The van der Waals surface area contributed by atoms with Crippen molar-refractivity contribution in [3.63, 3.8) is 0 Å². The van der Waals surface area contributed by atoms with Crippen molar-refractivity contribution in [2.24, 2.45) is 5.92 Å². The zero-order valence-corrected chi connectivity index (χ0v) is 12.3. The van der Waals surface area contributed by atoms with Crippen LogP contribution < -0.4 is 10.6 Å². The van der Waals surface area contributed by atoms with E-state index >= 15 is 0 Å². The smallest absolute Gasteiger partial charge is 0.247 e. The predicted octanol–water partition coefficient (Wildman–Crippen LogP) is 2.27. The van der Waals surface area contributed by atoms with Crippen LogP contribution in [-0.2, 0) is 22.4 Å². The van der Waals surface area contributed by atoms with Gasteiger partial charge in [0.15, 0.2) is 0 Å². The third kappa shape index (κ3) is 3.38. The SMILES string of the molecule is CC(=O)NC(C(=O)Nc1ccc2c(c1)CCC2)C(C)C. The summed E-state index contributed by atoms with van der Waals surface area (Å²) in [4.78, 5) is 23.4. The Morgan fingerprint density at radius 3 is 2.50 bits per heavy atom. The zero-order valence-electron chi connectivity index (χ0n) is 12.3. The van der Waals surface area contributed by atoms with Gasteiger partial charge in [0.25, 0.3) is 0 Å². The Kier molecular flexibility index (Phi) is 4.42. The molecule has 0 bridgehead atoms. The third-order valence-electron chi connectivity index (χ3n) is 3.67. The molecule has 0 heterocycles. The Hall–Kier alpha value is -1.84. The molecule has 4 heteroatoms. The van der Waals surface area contributed by atoms with Gasteiger partial charge in [-0.25, -0.2) is 0 Å². The fraction of sp³-hybridized carbons (Fsp3) is 0.500. The van der Waals surface area contributed by atoms with Crippen LogP contribution in [-0.4, -0.2) is 17.9 Å². The topological polar surface area (TPSA) is 58.2 Å². The summed E-state index contributed by atoms with van der Waals surface area (Å²) in [6, 6.07) is 5.57. The van der Waals surface area contributed by atoms with E-state index in [9.17, 15) is 9.59 Å². The molecule has 108 valence electrons. The number of anilines is 1. The molecule has 1 aromatic rings. The van der Waals surface area contributed by atoms with E-state index in [-0.39, 0.29) is 17.7 Å². The molecule has 4 nitrogen and oxygen atoms in total. The highest BCUT2D eigenvalue weighted by atomic mass is 16.2. The minimum Gasteiger partial charge on any atom is -0.344 e. The monoisotopic (exact) mass is 274 g/mol. The van der Waals surface area contributed by atoms with Crippen LogP contribution in [0.4, 0.5) is 5.69 Å². The van der Waals surface area contributed by atoms with Gasteiger partial charge in [-0.3, -0.25) is 9.59 Å². The number of hydrogen-bond acceptors (Lipinski definition) is 2. The molecule has 0 radical (unpaired) electrons. The molecule has 1 aromatic carbocycles. The Labute approximate surface area is 119 Å². The number of hydrogen-bond donors (Lipinski definition) is 2. The first-order valence-electron chi connectivity index (χ1n) is 7.17. The largest absolute Gasteiger partial charge is 0.344 e. The lowest BCUT2D eigenvalue weighted by Gasteiger charge is -2.21. The lowest BCUT2D eigenvalue weighted by molar-refractivity contribution is -0.126. The van der Waals surface area contributed by atoms with Crippen molar-refractivity contribution in [3.05, 3.63) is 29.3 Å². The van der Waals surface area contributed by atoms with Gasteiger partial charge in [-0.2, -0.15) is 0 Å². The summed E-state index contributed by atoms with van der Waals surface area (Å²) in [6.07, 6.45) is 3.40. The van der Waals surface area contributed by atoms with Crippen molar-refractivity contribution in [3.8, 4) is 0 Å². The molecule has 1 atom stereocenters. The summed E-state index contributed by atoms with van der Waals surface area (Å²) in [5.74, 6) is -0.297. The second kappa shape index (κ2) is 6.07. The number of carbonyl (C=O) groups is 2. The maximum atomic E-state index is 12.3. The highest BCUT2D eigenvalue weighted by molar-refractivity contribution is 5.97. The van der Waals surface area contributed by atoms with E-state index in [0.29, 0.717) is 0 Å². The van der Waals surface area contributed by atoms with Crippen LogP contribution >= 0.6 is 0 Å². The first-order valence-corrected chi connectivity index (χ1v) is 7.17.